The van der Waals surface area contributed by atoms with E-state index >= 15 is 0 Å². The van der Waals surface area contributed by atoms with Gasteiger partial charge in [0.05, 0.1) is 7.11 Å². The molecule has 19 heavy (non-hydrogen) atoms. The van der Waals surface area contributed by atoms with Crippen LogP contribution in [-0.4, -0.2) is 12.2 Å². The fraction of sp³-hybridized carbons (Fsp3) is 0.200. The standard InChI is InChI=1S/C15H14Br2O2/c1-9-7-10(3-5-13(9)17)15(18)12-8-11(16)4-6-14(12)19-2/h3-8,15,18H,1-2H3. The van der Waals surface area contributed by atoms with Crippen LogP contribution in [0.25, 0.3) is 0 Å². The highest BCUT2D eigenvalue weighted by Crippen LogP contribution is 2.33. The van der Waals surface area contributed by atoms with Crippen LogP contribution < -0.4 is 4.74 Å². The van der Waals surface area contributed by atoms with Crippen molar-refractivity contribution in [3.05, 3.63) is 62.0 Å². The second-order valence-electron chi connectivity index (χ2n) is 4.30. The summed E-state index contributed by atoms with van der Waals surface area (Å²) in [6.07, 6.45) is -0.709. The van der Waals surface area contributed by atoms with Gasteiger partial charge in [-0.05, 0) is 42.3 Å². The minimum absolute atomic E-state index is 0.677. The number of methoxy groups -OCH3 is 1. The third kappa shape index (κ3) is 3.19. The largest absolute Gasteiger partial charge is 0.496 e. The predicted octanol–water partition coefficient (Wildman–Crippen LogP) is 4.61. The summed E-state index contributed by atoms with van der Waals surface area (Å²) in [5.74, 6) is 0.677. The van der Waals surface area contributed by atoms with E-state index in [0.29, 0.717) is 5.75 Å². The average molecular weight is 386 g/mol. The van der Waals surface area contributed by atoms with Crippen molar-refractivity contribution in [1.82, 2.24) is 0 Å². The lowest BCUT2D eigenvalue weighted by Gasteiger charge is -2.16. The molecule has 0 spiro atoms. The molecule has 0 saturated carbocycles. The van der Waals surface area contributed by atoms with E-state index in [2.05, 4.69) is 31.9 Å². The van der Waals surface area contributed by atoms with Gasteiger partial charge in [0.1, 0.15) is 11.9 Å². The van der Waals surface area contributed by atoms with E-state index in [9.17, 15) is 5.11 Å². The summed E-state index contributed by atoms with van der Waals surface area (Å²) < 4.78 is 7.25. The van der Waals surface area contributed by atoms with Gasteiger partial charge in [0.2, 0.25) is 0 Å². The van der Waals surface area contributed by atoms with Crippen molar-refractivity contribution < 1.29 is 9.84 Å². The lowest BCUT2D eigenvalue weighted by molar-refractivity contribution is 0.214. The van der Waals surface area contributed by atoms with E-state index in [4.69, 9.17) is 4.74 Å². The molecule has 0 amide bonds. The highest BCUT2D eigenvalue weighted by molar-refractivity contribution is 9.10. The van der Waals surface area contributed by atoms with Gasteiger partial charge in [0.25, 0.3) is 0 Å². The quantitative estimate of drug-likeness (QED) is 0.835. The molecule has 1 unspecified atom stereocenters. The van der Waals surface area contributed by atoms with Crippen LogP contribution in [0, 0.1) is 6.92 Å². The zero-order valence-corrected chi connectivity index (χ0v) is 13.8. The van der Waals surface area contributed by atoms with Gasteiger partial charge in [-0.15, -0.1) is 0 Å². The Bertz CT molecular complexity index is 597. The third-order valence-electron chi connectivity index (χ3n) is 2.98. The van der Waals surface area contributed by atoms with Crippen molar-refractivity contribution in [2.24, 2.45) is 0 Å². The Balaban J connectivity index is 2.45. The first-order chi connectivity index (χ1) is 9.02. The summed E-state index contributed by atoms with van der Waals surface area (Å²) in [4.78, 5) is 0. The van der Waals surface area contributed by atoms with Crippen LogP contribution in [0.3, 0.4) is 0 Å². The molecule has 0 radical (unpaired) electrons. The van der Waals surface area contributed by atoms with Gasteiger partial charge in [0, 0.05) is 14.5 Å². The summed E-state index contributed by atoms with van der Waals surface area (Å²) in [5, 5.41) is 10.5. The minimum atomic E-state index is -0.709. The van der Waals surface area contributed by atoms with Gasteiger partial charge in [-0.2, -0.15) is 0 Å². The molecule has 0 aliphatic rings. The number of hydrogen-bond donors (Lipinski definition) is 1. The number of benzene rings is 2. The number of ether oxygens (including phenoxy) is 1. The maximum absolute atomic E-state index is 10.5. The first-order valence-corrected chi connectivity index (χ1v) is 7.39. The highest BCUT2D eigenvalue weighted by atomic mass is 79.9. The molecule has 0 bridgehead atoms. The van der Waals surface area contributed by atoms with Crippen LogP contribution >= 0.6 is 31.9 Å². The smallest absolute Gasteiger partial charge is 0.125 e. The number of rotatable bonds is 3. The third-order valence-corrected chi connectivity index (χ3v) is 4.37. The van der Waals surface area contributed by atoms with Crippen molar-refractivity contribution in [3.8, 4) is 5.75 Å². The summed E-state index contributed by atoms with van der Waals surface area (Å²) in [6.45, 7) is 2.00. The molecule has 2 nitrogen and oxygen atoms in total. The Labute approximate surface area is 129 Å². The van der Waals surface area contributed by atoms with Crippen LogP contribution in [0.4, 0.5) is 0 Å². The molecule has 2 aromatic carbocycles. The molecule has 1 N–H and O–H groups in total. The molecular weight excluding hydrogens is 372 g/mol. The Morgan fingerprint density at radius 1 is 1.11 bits per heavy atom. The number of aryl methyl sites for hydroxylation is 1. The van der Waals surface area contributed by atoms with Gasteiger partial charge >= 0.3 is 0 Å². The molecule has 0 saturated heterocycles. The van der Waals surface area contributed by atoms with Gasteiger partial charge in [0.15, 0.2) is 0 Å². The van der Waals surface area contributed by atoms with Gasteiger partial charge in [-0.25, -0.2) is 0 Å². The number of halogens is 2. The SMILES string of the molecule is COc1ccc(Br)cc1C(O)c1ccc(Br)c(C)c1. The maximum Gasteiger partial charge on any atom is 0.125 e. The summed E-state index contributed by atoms with van der Waals surface area (Å²) in [7, 11) is 1.60. The monoisotopic (exact) mass is 384 g/mol. The Hall–Kier alpha value is -0.840. The molecular formula is C15H14Br2O2. The normalized spacial score (nSPS) is 12.3. The molecule has 0 aliphatic carbocycles. The zero-order valence-electron chi connectivity index (χ0n) is 10.7. The number of aliphatic hydroxyl groups is 1. The molecule has 100 valence electrons. The van der Waals surface area contributed by atoms with Crippen LogP contribution in [-0.2, 0) is 0 Å². The molecule has 0 aliphatic heterocycles. The van der Waals surface area contributed by atoms with Crippen molar-refractivity contribution in [1.29, 1.82) is 0 Å². The molecule has 0 fully saturated rings. The van der Waals surface area contributed by atoms with E-state index in [1.165, 1.54) is 0 Å². The Kier molecular flexibility index (Phi) is 4.66. The Morgan fingerprint density at radius 3 is 2.47 bits per heavy atom. The fourth-order valence-corrected chi connectivity index (χ4v) is 2.56. The second kappa shape index (κ2) is 6.07. The molecule has 2 rings (SSSR count). The summed E-state index contributed by atoms with van der Waals surface area (Å²) in [6, 6.07) is 11.4. The van der Waals surface area contributed by atoms with E-state index in [-0.39, 0.29) is 0 Å². The minimum Gasteiger partial charge on any atom is -0.496 e. The highest BCUT2D eigenvalue weighted by Gasteiger charge is 2.16. The van der Waals surface area contributed by atoms with Gasteiger partial charge in [-0.3, -0.25) is 0 Å². The first-order valence-electron chi connectivity index (χ1n) is 5.80. The van der Waals surface area contributed by atoms with Crippen molar-refractivity contribution >= 4 is 31.9 Å². The zero-order chi connectivity index (χ0) is 14.0. The Morgan fingerprint density at radius 2 is 1.84 bits per heavy atom. The van der Waals surface area contributed by atoms with E-state index < -0.39 is 6.10 Å². The van der Waals surface area contributed by atoms with Crippen LogP contribution in [0.2, 0.25) is 0 Å². The van der Waals surface area contributed by atoms with Crippen LogP contribution in [0.15, 0.2) is 45.3 Å². The lowest BCUT2D eigenvalue weighted by atomic mass is 9.99. The lowest BCUT2D eigenvalue weighted by Crippen LogP contribution is -2.03. The maximum atomic E-state index is 10.5. The van der Waals surface area contributed by atoms with Crippen molar-refractivity contribution in [2.75, 3.05) is 7.11 Å². The topological polar surface area (TPSA) is 29.5 Å². The number of aliphatic hydroxyl groups excluding tert-OH is 1. The van der Waals surface area contributed by atoms with E-state index in [0.717, 1.165) is 25.6 Å². The van der Waals surface area contributed by atoms with Crippen molar-refractivity contribution in [2.45, 2.75) is 13.0 Å². The number of hydrogen-bond acceptors (Lipinski definition) is 2. The van der Waals surface area contributed by atoms with E-state index in [1.54, 1.807) is 7.11 Å². The summed E-state index contributed by atoms with van der Waals surface area (Å²) >= 11 is 6.88. The summed E-state index contributed by atoms with van der Waals surface area (Å²) in [5.41, 5.74) is 2.68. The van der Waals surface area contributed by atoms with E-state index in [1.807, 2.05) is 43.3 Å². The molecule has 4 heteroatoms. The molecule has 0 aromatic heterocycles. The molecule has 1 atom stereocenters. The first kappa shape index (κ1) is 14.6. The predicted molar refractivity (Wildman–Crippen MR) is 83.6 cm³/mol. The second-order valence-corrected chi connectivity index (χ2v) is 6.07. The van der Waals surface area contributed by atoms with Crippen molar-refractivity contribution in [3.63, 3.8) is 0 Å². The van der Waals surface area contributed by atoms with Gasteiger partial charge < -0.3 is 9.84 Å². The average Bonchev–Trinajstić information content (AvgIpc) is 2.41. The van der Waals surface area contributed by atoms with Gasteiger partial charge in [-0.1, -0.05) is 44.0 Å². The fourth-order valence-electron chi connectivity index (χ4n) is 1.94. The molecule has 0 heterocycles. The van der Waals surface area contributed by atoms with Crippen LogP contribution in [0.1, 0.15) is 22.8 Å². The van der Waals surface area contributed by atoms with Crippen LogP contribution in [0.5, 0.6) is 5.75 Å². The molecule has 2 aromatic rings.